The van der Waals surface area contributed by atoms with Crippen molar-refractivity contribution in [3.05, 3.63) is 30.2 Å². The number of rotatable bonds is 4. The van der Waals surface area contributed by atoms with E-state index in [-0.39, 0.29) is 5.69 Å². The van der Waals surface area contributed by atoms with Gasteiger partial charge >= 0.3 is 5.97 Å². The number of nitrogens with two attached hydrogens (primary N) is 1. The highest BCUT2D eigenvalue weighted by Gasteiger charge is 2.15. The van der Waals surface area contributed by atoms with Crippen LogP contribution in [-0.4, -0.2) is 27.5 Å². The molecule has 0 unspecified atom stereocenters. The smallest absolute Gasteiger partial charge is 0.360 e. The lowest BCUT2D eigenvalue weighted by molar-refractivity contribution is 0.0519. The quantitative estimate of drug-likeness (QED) is 0.563. The summed E-state index contributed by atoms with van der Waals surface area (Å²) >= 11 is 1.18. The van der Waals surface area contributed by atoms with E-state index < -0.39 is 5.97 Å². The van der Waals surface area contributed by atoms with E-state index in [1.807, 2.05) is 6.07 Å². The van der Waals surface area contributed by atoms with Crippen LogP contribution in [0.25, 0.3) is 11.0 Å². The van der Waals surface area contributed by atoms with Crippen molar-refractivity contribution in [1.29, 1.82) is 0 Å². The van der Waals surface area contributed by atoms with Crippen LogP contribution in [0.5, 0.6) is 0 Å². The van der Waals surface area contributed by atoms with Crippen molar-refractivity contribution in [2.24, 2.45) is 0 Å². The molecule has 0 aliphatic rings. The summed E-state index contributed by atoms with van der Waals surface area (Å²) in [5.41, 5.74) is 8.13. The number of carbonyl (C=O) groups is 1. The maximum Gasteiger partial charge on any atom is 0.360 e. The zero-order valence-corrected chi connectivity index (χ0v) is 11.9. The molecule has 0 aliphatic heterocycles. The van der Waals surface area contributed by atoms with Crippen molar-refractivity contribution >= 4 is 34.5 Å². The predicted octanol–water partition coefficient (Wildman–Crippen LogP) is 2.46. The molecule has 0 amide bonds. The second kappa shape index (κ2) is 5.49. The Balaban J connectivity index is 1.80. The first-order valence-corrected chi connectivity index (χ1v) is 7.03. The van der Waals surface area contributed by atoms with Gasteiger partial charge in [0.25, 0.3) is 5.22 Å². The summed E-state index contributed by atoms with van der Waals surface area (Å²) in [5.74, 6) is -0.509. The van der Waals surface area contributed by atoms with Crippen LogP contribution >= 0.6 is 11.8 Å². The molecule has 3 rings (SSSR count). The summed E-state index contributed by atoms with van der Waals surface area (Å²) in [5, 5.41) is 0.915. The largest absolute Gasteiger partial charge is 0.461 e. The third-order valence-electron chi connectivity index (χ3n) is 2.64. The number of nitrogen functional groups attached to an aromatic ring is 1. The molecule has 7 nitrogen and oxygen atoms in total. The molecule has 0 bridgehead atoms. The zero-order valence-electron chi connectivity index (χ0n) is 11.1. The number of aromatic amines is 1. The fourth-order valence-corrected chi connectivity index (χ4v) is 2.45. The molecule has 3 N–H and O–H groups in total. The van der Waals surface area contributed by atoms with Crippen LogP contribution in [0, 0.1) is 0 Å². The first-order chi connectivity index (χ1) is 10.2. The van der Waals surface area contributed by atoms with Crippen molar-refractivity contribution in [2.45, 2.75) is 17.3 Å². The van der Waals surface area contributed by atoms with Gasteiger partial charge in [0.15, 0.2) is 10.9 Å². The molecule has 8 heteroatoms. The van der Waals surface area contributed by atoms with Gasteiger partial charge in [-0.3, -0.25) is 0 Å². The number of H-pyrrole nitrogens is 1. The van der Waals surface area contributed by atoms with E-state index in [1.165, 1.54) is 18.0 Å². The SMILES string of the molecule is CCOC(=O)c1coc(Sc2nc3ccc(N)cc3[nH]2)n1. The van der Waals surface area contributed by atoms with Gasteiger partial charge in [0.2, 0.25) is 0 Å². The van der Waals surface area contributed by atoms with Crippen LogP contribution in [0.3, 0.4) is 0 Å². The Kier molecular flexibility index (Phi) is 3.53. The number of nitrogens with one attached hydrogen (secondary N) is 1. The molecule has 3 aromatic rings. The lowest BCUT2D eigenvalue weighted by Gasteiger charge is -1.94. The number of benzene rings is 1. The van der Waals surface area contributed by atoms with Crippen molar-refractivity contribution in [1.82, 2.24) is 15.0 Å². The van der Waals surface area contributed by atoms with Gasteiger partial charge in [0.1, 0.15) is 6.26 Å². The van der Waals surface area contributed by atoms with Crippen LogP contribution in [0.2, 0.25) is 0 Å². The van der Waals surface area contributed by atoms with Gasteiger partial charge in [-0.15, -0.1) is 0 Å². The number of aromatic nitrogens is 3. The van der Waals surface area contributed by atoms with E-state index in [4.69, 9.17) is 14.9 Å². The molecule has 0 saturated carbocycles. The summed E-state index contributed by atoms with van der Waals surface area (Å²) in [4.78, 5) is 23.0. The number of fused-ring (bicyclic) bond motifs is 1. The van der Waals surface area contributed by atoms with Gasteiger partial charge in [0.05, 0.1) is 17.6 Å². The molecule has 0 atom stereocenters. The van der Waals surface area contributed by atoms with Crippen molar-refractivity contribution in [2.75, 3.05) is 12.3 Å². The number of nitrogens with zero attached hydrogens (tertiary/aromatic N) is 2. The topological polar surface area (TPSA) is 107 Å². The van der Waals surface area contributed by atoms with Gasteiger partial charge in [-0.1, -0.05) is 0 Å². The fourth-order valence-electron chi connectivity index (χ4n) is 1.74. The molecular weight excluding hydrogens is 292 g/mol. The standard InChI is InChI=1S/C13H12N4O3S/c1-2-19-11(18)10-6-20-13(17-10)21-12-15-8-4-3-7(14)5-9(8)16-12/h3-6H,2,14H2,1H3,(H,15,16). The molecule has 0 fully saturated rings. The highest BCUT2D eigenvalue weighted by atomic mass is 32.2. The fraction of sp³-hybridized carbons (Fsp3) is 0.154. The summed E-state index contributed by atoms with van der Waals surface area (Å²) in [6, 6.07) is 5.40. The van der Waals surface area contributed by atoms with Crippen molar-refractivity contribution in [3.8, 4) is 0 Å². The average Bonchev–Trinajstić information content (AvgIpc) is 3.05. The minimum Gasteiger partial charge on any atom is -0.461 e. The van der Waals surface area contributed by atoms with Gasteiger partial charge in [-0.05, 0) is 25.1 Å². The summed E-state index contributed by atoms with van der Waals surface area (Å²) in [6.45, 7) is 2.02. The predicted molar refractivity (Wildman–Crippen MR) is 77.1 cm³/mol. The zero-order chi connectivity index (χ0) is 14.8. The third kappa shape index (κ3) is 2.84. The molecule has 0 spiro atoms. The monoisotopic (exact) mass is 304 g/mol. The summed E-state index contributed by atoms with van der Waals surface area (Å²) in [6.07, 6.45) is 1.26. The van der Waals surface area contributed by atoms with Gasteiger partial charge in [-0.25, -0.2) is 9.78 Å². The molecule has 0 aliphatic carbocycles. The van der Waals surface area contributed by atoms with Gasteiger partial charge < -0.3 is 19.9 Å². The maximum absolute atomic E-state index is 11.5. The number of anilines is 1. The second-order valence-electron chi connectivity index (χ2n) is 4.14. The number of hydrogen-bond donors (Lipinski definition) is 2. The molecule has 108 valence electrons. The van der Waals surface area contributed by atoms with Crippen molar-refractivity contribution < 1.29 is 13.9 Å². The summed E-state index contributed by atoms with van der Waals surface area (Å²) < 4.78 is 10.1. The molecule has 1 aromatic carbocycles. The van der Waals surface area contributed by atoms with E-state index in [1.54, 1.807) is 19.1 Å². The Morgan fingerprint density at radius 1 is 1.48 bits per heavy atom. The Hall–Kier alpha value is -2.48. The molecule has 2 heterocycles. The van der Waals surface area contributed by atoms with Gasteiger partial charge in [-0.2, -0.15) is 4.98 Å². The molecule has 21 heavy (non-hydrogen) atoms. The van der Waals surface area contributed by atoms with Crippen LogP contribution in [0.4, 0.5) is 5.69 Å². The minimum absolute atomic E-state index is 0.139. The number of ether oxygens (including phenoxy) is 1. The molecule has 0 radical (unpaired) electrons. The lowest BCUT2D eigenvalue weighted by atomic mass is 10.3. The third-order valence-corrected chi connectivity index (χ3v) is 3.38. The number of esters is 1. The molecular formula is C13H12N4O3S. The summed E-state index contributed by atoms with van der Waals surface area (Å²) in [7, 11) is 0. The Labute approximate surface area is 123 Å². The molecule has 2 aromatic heterocycles. The lowest BCUT2D eigenvalue weighted by Crippen LogP contribution is -2.04. The molecule has 0 saturated heterocycles. The van der Waals surface area contributed by atoms with Crippen molar-refractivity contribution in [3.63, 3.8) is 0 Å². The normalized spacial score (nSPS) is 10.9. The maximum atomic E-state index is 11.5. The highest BCUT2D eigenvalue weighted by molar-refractivity contribution is 7.99. The van der Waals surface area contributed by atoms with Crippen LogP contribution in [-0.2, 0) is 4.74 Å². The van der Waals surface area contributed by atoms with E-state index in [2.05, 4.69) is 15.0 Å². The van der Waals surface area contributed by atoms with Crippen LogP contribution in [0.1, 0.15) is 17.4 Å². The minimum atomic E-state index is -0.509. The Morgan fingerprint density at radius 2 is 2.33 bits per heavy atom. The number of hydrogen-bond acceptors (Lipinski definition) is 7. The number of imidazole rings is 1. The second-order valence-corrected chi connectivity index (χ2v) is 5.08. The number of oxazole rings is 1. The van der Waals surface area contributed by atoms with E-state index in [0.29, 0.717) is 22.7 Å². The van der Waals surface area contributed by atoms with Gasteiger partial charge in [0, 0.05) is 17.4 Å². The van der Waals surface area contributed by atoms with Crippen LogP contribution < -0.4 is 5.73 Å². The Morgan fingerprint density at radius 3 is 3.14 bits per heavy atom. The first kappa shape index (κ1) is 13.5. The van der Waals surface area contributed by atoms with E-state index in [9.17, 15) is 4.79 Å². The van der Waals surface area contributed by atoms with E-state index >= 15 is 0 Å². The number of carbonyl (C=O) groups excluding carboxylic acids is 1. The Bertz CT molecular complexity index is 796. The highest BCUT2D eigenvalue weighted by Crippen LogP contribution is 2.27. The average molecular weight is 304 g/mol. The van der Waals surface area contributed by atoms with E-state index in [0.717, 1.165) is 11.0 Å². The first-order valence-electron chi connectivity index (χ1n) is 6.21. The van der Waals surface area contributed by atoms with Crippen LogP contribution in [0.15, 0.2) is 39.3 Å².